The van der Waals surface area contributed by atoms with Crippen molar-refractivity contribution in [2.24, 2.45) is 0 Å². The third-order valence-corrected chi connectivity index (χ3v) is 2.78. The zero-order chi connectivity index (χ0) is 14.7. The van der Waals surface area contributed by atoms with Gasteiger partial charge in [-0.3, -0.25) is 4.79 Å². The molecule has 1 N–H and O–H groups in total. The number of ether oxygens (including phenoxy) is 1. The predicted molar refractivity (Wildman–Crippen MR) is 72.0 cm³/mol. The fourth-order valence-corrected chi connectivity index (χ4v) is 1.77. The van der Waals surface area contributed by atoms with E-state index in [1.54, 1.807) is 12.1 Å². The molecular weight excluding hydrogens is 264 g/mol. The van der Waals surface area contributed by atoms with Crippen LogP contribution in [-0.2, 0) is 0 Å². The third kappa shape index (κ3) is 2.93. The van der Waals surface area contributed by atoms with Gasteiger partial charge in [-0.25, -0.2) is 8.78 Å². The standard InChI is InChI=1S/C15H13F2NO2/c1-9-3-6-14(20-2)11(7-9)15(19)18-10-4-5-12(16)13(17)8-10/h3-8H,1-2H3,(H,18,19). The fourth-order valence-electron chi connectivity index (χ4n) is 1.77. The first kappa shape index (κ1) is 14.0. The lowest BCUT2D eigenvalue weighted by molar-refractivity contribution is 0.102. The minimum atomic E-state index is -1.01. The Morgan fingerprint density at radius 3 is 2.50 bits per heavy atom. The normalized spacial score (nSPS) is 10.2. The number of methoxy groups -OCH3 is 1. The van der Waals surface area contributed by atoms with Gasteiger partial charge in [-0.05, 0) is 31.2 Å². The second kappa shape index (κ2) is 5.69. The molecule has 2 rings (SSSR count). The van der Waals surface area contributed by atoms with E-state index in [9.17, 15) is 13.6 Å². The Balaban J connectivity index is 2.27. The van der Waals surface area contributed by atoms with E-state index in [2.05, 4.69) is 5.32 Å². The molecule has 0 aliphatic heterocycles. The molecule has 104 valence electrons. The average molecular weight is 277 g/mol. The lowest BCUT2D eigenvalue weighted by atomic mass is 10.1. The Morgan fingerprint density at radius 1 is 1.10 bits per heavy atom. The van der Waals surface area contributed by atoms with Crippen molar-refractivity contribution >= 4 is 11.6 Å². The van der Waals surface area contributed by atoms with E-state index in [0.29, 0.717) is 11.3 Å². The number of nitrogens with one attached hydrogen (secondary N) is 1. The third-order valence-electron chi connectivity index (χ3n) is 2.78. The highest BCUT2D eigenvalue weighted by molar-refractivity contribution is 6.06. The first-order valence-electron chi connectivity index (χ1n) is 5.92. The van der Waals surface area contributed by atoms with E-state index in [0.717, 1.165) is 17.7 Å². The summed E-state index contributed by atoms with van der Waals surface area (Å²) in [6.07, 6.45) is 0. The van der Waals surface area contributed by atoms with Crippen LogP contribution in [0.5, 0.6) is 5.75 Å². The molecule has 0 atom stereocenters. The van der Waals surface area contributed by atoms with Crippen LogP contribution in [0.3, 0.4) is 0 Å². The fraction of sp³-hybridized carbons (Fsp3) is 0.133. The number of carbonyl (C=O) groups excluding carboxylic acids is 1. The van der Waals surface area contributed by atoms with Gasteiger partial charge >= 0.3 is 0 Å². The van der Waals surface area contributed by atoms with E-state index in [1.165, 1.54) is 13.2 Å². The van der Waals surface area contributed by atoms with Crippen LogP contribution in [0.15, 0.2) is 36.4 Å². The minimum absolute atomic E-state index is 0.178. The van der Waals surface area contributed by atoms with Gasteiger partial charge in [0, 0.05) is 11.8 Å². The van der Waals surface area contributed by atoms with Crippen molar-refractivity contribution in [1.29, 1.82) is 0 Å². The molecule has 0 bridgehead atoms. The van der Waals surface area contributed by atoms with E-state index in [4.69, 9.17) is 4.74 Å². The lowest BCUT2D eigenvalue weighted by Gasteiger charge is -2.10. The summed E-state index contributed by atoms with van der Waals surface area (Å²) < 4.78 is 31.0. The molecule has 0 saturated heterocycles. The van der Waals surface area contributed by atoms with Crippen molar-refractivity contribution in [3.8, 4) is 5.75 Å². The number of halogens is 2. The summed E-state index contributed by atoms with van der Waals surface area (Å²) in [7, 11) is 1.46. The van der Waals surface area contributed by atoms with Gasteiger partial charge in [-0.1, -0.05) is 11.6 Å². The molecular formula is C15H13F2NO2. The molecule has 0 aliphatic rings. The summed E-state index contributed by atoms with van der Waals surface area (Å²) in [5, 5.41) is 2.50. The second-order valence-corrected chi connectivity index (χ2v) is 4.29. The summed E-state index contributed by atoms with van der Waals surface area (Å²) in [4.78, 5) is 12.1. The highest BCUT2D eigenvalue weighted by Gasteiger charge is 2.13. The number of carbonyl (C=O) groups is 1. The monoisotopic (exact) mass is 277 g/mol. The van der Waals surface area contributed by atoms with Gasteiger partial charge in [0.2, 0.25) is 0 Å². The number of hydrogen-bond acceptors (Lipinski definition) is 2. The van der Waals surface area contributed by atoms with Gasteiger partial charge < -0.3 is 10.1 Å². The summed E-state index contributed by atoms with van der Waals surface area (Å²) in [6, 6.07) is 8.32. The predicted octanol–water partition coefficient (Wildman–Crippen LogP) is 3.53. The summed E-state index contributed by atoms with van der Waals surface area (Å²) >= 11 is 0. The Labute approximate surface area is 115 Å². The Kier molecular flexibility index (Phi) is 3.98. The highest BCUT2D eigenvalue weighted by atomic mass is 19.2. The van der Waals surface area contributed by atoms with Crippen molar-refractivity contribution in [1.82, 2.24) is 0 Å². The SMILES string of the molecule is COc1ccc(C)cc1C(=O)Nc1ccc(F)c(F)c1. The van der Waals surface area contributed by atoms with Gasteiger partial charge in [-0.2, -0.15) is 0 Å². The molecule has 0 aliphatic carbocycles. The molecule has 1 amide bonds. The van der Waals surface area contributed by atoms with Crippen molar-refractivity contribution in [3.05, 3.63) is 59.2 Å². The van der Waals surface area contributed by atoms with Gasteiger partial charge in [0.05, 0.1) is 12.7 Å². The van der Waals surface area contributed by atoms with Gasteiger partial charge in [-0.15, -0.1) is 0 Å². The van der Waals surface area contributed by atoms with Crippen molar-refractivity contribution in [2.45, 2.75) is 6.92 Å². The molecule has 0 radical (unpaired) electrons. The molecule has 0 heterocycles. The van der Waals surface area contributed by atoms with Crippen molar-refractivity contribution < 1.29 is 18.3 Å². The Hall–Kier alpha value is -2.43. The van der Waals surface area contributed by atoms with Crippen LogP contribution in [0.1, 0.15) is 15.9 Å². The summed E-state index contributed by atoms with van der Waals surface area (Å²) in [6.45, 7) is 1.84. The molecule has 0 spiro atoms. The zero-order valence-corrected chi connectivity index (χ0v) is 11.0. The van der Waals surface area contributed by atoms with Crippen molar-refractivity contribution in [3.63, 3.8) is 0 Å². The maximum Gasteiger partial charge on any atom is 0.259 e. The number of hydrogen-bond donors (Lipinski definition) is 1. The second-order valence-electron chi connectivity index (χ2n) is 4.29. The van der Waals surface area contributed by atoms with E-state index in [-0.39, 0.29) is 5.69 Å². The quantitative estimate of drug-likeness (QED) is 0.932. The largest absolute Gasteiger partial charge is 0.496 e. The van der Waals surface area contributed by atoms with Crippen LogP contribution in [0.4, 0.5) is 14.5 Å². The van der Waals surface area contributed by atoms with Crippen molar-refractivity contribution in [2.75, 3.05) is 12.4 Å². The molecule has 2 aromatic rings. The summed E-state index contributed by atoms with van der Waals surface area (Å²) in [5.74, 6) is -2.01. The topological polar surface area (TPSA) is 38.3 Å². The van der Waals surface area contributed by atoms with E-state index < -0.39 is 17.5 Å². The summed E-state index contributed by atoms with van der Waals surface area (Å²) in [5.41, 5.74) is 1.40. The number of rotatable bonds is 3. The molecule has 5 heteroatoms. The average Bonchev–Trinajstić information content (AvgIpc) is 2.43. The Bertz CT molecular complexity index is 656. The highest BCUT2D eigenvalue weighted by Crippen LogP contribution is 2.21. The van der Waals surface area contributed by atoms with Crippen LogP contribution in [0.25, 0.3) is 0 Å². The van der Waals surface area contributed by atoms with Crippen LogP contribution in [0.2, 0.25) is 0 Å². The molecule has 3 nitrogen and oxygen atoms in total. The minimum Gasteiger partial charge on any atom is -0.496 e. The number of amides is 1. The van der Waals surface area contributed by atoms with Crippen LogP contribution >= 0.6 is 0 Å². The molecule has 0 saturated carbocycles. The maximum absolute atomic E-state index is 13.1. The van der Waals surface area contributed by atoms with Gasteiger partial charge in [0.1, 0.15) is 5.75 Å². The zero-order valence-electron chi connectivity index (χ0n) is 11.0. The van der Waals surface area contributed by atoms with Gasteiger partial charge in [0.15, 0.2) is 11.6 Å². The number of aryl methyl sites for hydroxylation is 1. The first-order valence-corrected chi connectivity index (χ1v) is 5.92. The number of anilines is 1. The molecule has 0 fully saturated rings. The lowest BCUT2D eigenvalue weighted by Crippen LogP contribution is -2.13. The molecule has 20 heavy (non-hydrogen) atoms. The first-order chi connectivity index (χ1) is 9.51. The van der Waals surface area contributed by atoms with E-state index in [1.807, 2.05) is 13.0 Å². The Morgan fingerprint density at radius 2 is 1.85 bits per heavy atom. The smallest absolute Gasteiger partial charge is 0.259 e. The van der Waals surface area contributed by atoms with E-state index >= 15 is 0 Å². The molecule has 0 aromatic heterocycles. The van der Waals surface area contributed by atoms with Crippen LogP contribution in [0, 0.1) is 18.6 Å². The molecule has 0 unspecified atom stereocenters. The van der Waals surface area contributed by atoms with Crippen LogP contribution < -0.4 is 10.1 Å². The van der Waals surface area contributed by atoms with Crippen LogP contribution in [-0.4, -0.2) is 13.0 Å². The molecule has 2 aromatic carbocycles. The van der Waals surface area contributed by atoms with Gasteiger partial charge in [0.25, 0.3) is 5.91 Å². The maximum atomic E-state index is 13.1. The number of benzene rings is 2.